The summed E-state index contributed by atoms with van der Waals surface area (Å²) in [4.78, 5) is 23.5. The highest BCUT2D eigenvalue weighted by Gasteiger charge is 2.18. The van der Waals surface area contributed by atoms with Gasteiger partial charge in [0.25, 0.3) is 5.91 Å². The zero-order valence-corrected chi connectivity index (χ0v) is 14.6. The first-order valence-corrected chi connectivity index (χ1v) is 8.81. The predicted molar refractivity (Wildman–Crippen MR) is 103 cm³/mol. The summed E-state index contributed by atoms with van der Waals surface area (Å²) in [6.07, 6.45) is 4.19. The SMILES string of the molecule is CCN1CCc2ccc(NC(=O)c3cnc(-c4ccccc4)nc3)cc21. The fourth-order valence-corrected chi connectivity index (χ4v) is 3.24. The largest absolute Gasteiger partial charge is 0.371 e. The minimum Gasteiger partial charge on any atom is -0.371 e. The van der Waals surface area contributed by atoms with E-state index in [-0.39, 0.29) is 5.91 Å². The van der Waals surface area contributed by atoms with Crippen LogP contribution in [0.3, 0.4) is 0 Å². The third-order valence-corrected chi connectivity index (χ3v) is 4.66. The summed E-state index contributed by atoms with van der Waals surface area (Å²) >= 11 is 0. The number of aromatic nitrogens is 2. The van der Waals surface area contributed by atoms with Gasteiger partial charge in [0.2, 0.25) is 0 Å². The summed E-state index contributed by atoms with van der Waals surface area (Å²) in [5.74, 6) is 0.406. The molecule has 4 rings (SSSR count). The van der Waals surface area contributed by atoms with Gasteiger partial charge in [0.1, 0.15) is 0 Å². The van der Waals surface area contributed by atoms with Crippen LogP contribution in [0, 0.1) is 0 Å². The summed E-state index contributed by atoms with van der Waals surface area (Å²) in [6, 6.07) is 15.8. The minimum absolute atomic E-state index is 0.203. The van der Waals surface area contributed by atoms with Gasteiger partial charge in [0, 0.05) is 42.4 Å². The number of nitrogens with zero attached hydrogens (tertiary/aromatic N) is 3. The van der Waals surface area contributed by atoms with E-state index in [4.69, 9.17) is 0 Å². The molecule has 0 unspecified atom stereocenters. The van der Waals surface area contributed by atoms with Crippen LogP contribution in [0.1, 0.15) is 22.8 Å². The molecular formula is C21H20N4O. The quantitative estimate of drug-likeness (QED) is 0.782. The molecule has 0 bridgehead atoms. The van der Waals surface area contributed by atoms with Crippen LogP contribution >= 0.6 is 0 Å². The van der Waals surface area contributed by atoms with Crippen molar-refractivity contribution in [2.24, 2.45) is 0 Å². The van der Waals surface area contributed by atoms with E-state index < -0.39 is 0 Å². The van der Waals surface area contributed by atoms with Crippen molar-refractivity contribution in [2.75, 3.05) is 23.3 Å². The minimum atomic E-state index is -0.203. The lowest BCUT2D eigenvalue weighted by Gasteiger charge is -2.17. The molecule has 0 atom stereocenters. The maximum Gasteiger partial charge on any atom is 0.258 e. The average molecular weight is 344 g/mol. The smallest absolute Gasteiger partial charge is 0.258 e. The van der Waals surface area contributed by atoms with E-state index >= 15 is 0 Å². The molecule has 1 aliphatic rings. The van der Waals surface area contributed by atoms with Crippen LogP contribution in [-0.2, 0) is 6.42 Å². The molecule has 0 saturated carbocycles. The van der Waals surface area contributed by atoms with Gasteiger partial charge in [-0.15, -0.1) is 0 Å². The van der Waals surface area contributed by atoms with Gasteiger partial charge in [-0.25, -0.2) is 9.97 Å². The number of benzene rings is 2. The summed E-state index contributed by atoms with van der Waals surface area (Å²) in [7, 11) is 0. The Morgan fingerprint density at radius 3 is 2.62 bits per heavy atom. The van der Waals surface area contributed by atoms with Gasteiger partial charge in [-0.3, -0.25) is 4.79 Å². The van der Waals surface area contributed by atoms with Crippen LogP contribution in [0.25, 0.3) is 11.4 Å². The van der Waals surface area contributed by atoms with Crippen LogP contribution in [0.4, 0.5) is 11.4 Å². The Bertz CT molecular complexity index is 923. The number of rotatable bonds is 4. The number of anilines is 2. The molecule has 1 amide bonds. The fraction of sp³-hybridized carbons (Fsp3) is 0.190. The molecule has 0 spiro atoms. The van der Waals surface area contributed by atoms with Gasteiger partial charge in [0.15, 0.2) is 5.82 Å². The van der Waals surface area contributed by atoms with E-state index in [1.54, 1.807) is 12.4 Å². The number of amides is 1. The molecule has 2 aromatic carbocycles. The Morgan fingerprint density at radius 1 is 1.12 bits per heavy atom. The topological polar surface area (TPSA) is 58.1 Å². The van der Waals surface area contributed by atoms with E-state index in [1.807, 2.05) is 42.5 Å². The lowest BCUT2D eigenvalue weighted by atomic mass is 10.1. The van der Waals surface area contributed by atoms with Crippen LogP contribution in [0.15, 0.2) is 60.9 Å². The second kappa shape index (κ2) is 6.96. The molecule has 0 aliphatic carbocycles. The molecule has 3 aromatic rings. The molecule has 0 fully saturated rings. The Balaban J connectivity index is 1.50. The molecule has 5 heteroatoms. The van der Waals surface area contributed by atoms with E-state index in [1.165, 1.54) is 11.3 Å². The molecule has 0 saturated heterocycles. The lowest BCUT2D eigenvalue weighted by molar-refractivity contribution is 0.102. The number of carbonyl (C=O) groups is 1. The van der Waals surface area contributed by atoms with Crippen LogP contribution < -0.4 is 10.2 Å². The van der Waals surface area contributed by atoms with Crippen molar-refractivity contribution in [3.8, 4) is 11.4 Å². The first kappa shape index (κ1) is 16.3. The first-order chi connectivity index (χ1) is 12.7. The van der Waals surface area contributed by atoms with Crippen molar-refractivity contribution in [3.63, 3.8) is 0 Å². The van der Waals surface area contributed by atoms with Crippen molar-refractivity contribution in [1.29, 1.82) is 0 Å². The molecule has 2 heterocycles. The normalized spacial score (nSPS) is 12.7. The summed E-state index contributed by atoms with van der Waals surface area (Å²) < 4.78 is 0. The monoisotopic (exact) mass is 344 g/mol. The van der Waals surface area contributed by atoms with Gasteiger partial charge in [-0.1, -0.05) is 36.4 Å². The fourth-order valence-electron chi connectivity index (χ4n) is 3.24. The first-order valence-electron chi connectivity index (χ1n) is 8.81. The molecule has 0 radical (unpaired) electrons. The lowest BCUT2D eigenvalue weighted by Crippen LogP contribution is -2.19. The highest BCUT2D eigenvalue weighted by Crippen LogP contribution is 2.30. The Kier molecular flexibility index (Phi) is 4.35. The van der Waals surface area contributed by atoms with E-state index in [2.05, 4.69) is 33.2 Å². The van der Waals surface area contributed by atoms with Crippen LogP contribution in [0.2, 0.25) is 0 Å². The van der Waals surface area contributed by atoms with E-state index in [0.717, 1.165) is 30.8 Å². The molecule has 1 N–H and O–H groups in total. The summed E-state index contributed by atoms with van der Waals surface area (Å²) in [6.45, 7) is 4.16. The second-order valence-corrected chi connectivity index (χ2v) is 6.29. The standard InChI is InChI=1S/C21H20N4O/c1-2-25-11-10-15-8-9-18(12-19(15)25)24-21(26)17-13-22-20(23-14-17)16-6-4-3-5-7-16/h3-9,12-14H,2,10-11H2,1H3,(H,24,26). The molecule has 1 aliphatic heterocycles. The Morgan fingerprint density at radius 2 is 1.88 bits per heavy atom. The van der Waals surface area contributed by atoms with Gasteiger partial charge in [-0.2, -0.15) is 0 Å². The zero-order valence-electron chi connectivity index (χ0n) is 14.6. The zero-order chi connectivity index (χ0) is 17.9. The van der Waals surface area contributed by atoms with Crippen molar-refractivity contribution in [1.82, 2.24) is 9.97 Å². The number of likely N-dealkylation sites (N-methyl/N-ethyl adjacent to an activating group) is 1. The van der Waals surface area contributed by atoms with Crippen LogP contribution in [-0.4, -0.2) is 29.0 Å². The number of hydrogen-bond acceptors (Lipinski definition) is 4. The molecule has 26 heavy (non-hydrogen) atoms. The Hall–Kier alpha value is -3.21. The highest BCUT2D eigenvalue weighted by atomic mass is 16.1. The maximum absolute atomic E-state index is 12.5. The number of nitrogens with one attached hydrogen (secondary N) is 1. The van der Waals surface area contributed by atoms with Gasteiger partial charge < -0.3 is 10.2 Å². The average Bonchev–Trinajstić information content (AvgIpc) is 3.11. The Labute approximate surface area is 152 Å². The van der Waals surface area contributed by atoms with Crippen molar-refractivity contribution in [2.45, 2.75) is 13.3 Å². The van der Waals surface area contributed by atoms with Crippen LogP contribution in [0.5, 0.6) is 0 Å². The number of hydrogen-bond donors (Lipinski definition) is 1. The molecule has 1 aromatic heterocycles. The van der Waals surface area contributed by atoms with Gasteiger partial charge in [0.05, 0.1) is 5.56 Å². The summed E-state index contributed by atoms with van der Waals surface area (Å²) in [5, 5.41) is 2.95. The molecule has 5 nitrogen and oxygen atoms in total. The summed E-state index contributed by atoms with van der Waals surface area (Å²) in [5.41, 5.74) is 4.71. The van der Waals surface area contributed by atoms with E-state index in [0.29, 0.717) is 11.4 Å². The number of carbonyl (C=O) groups excluding carboxylic acids is 1. The third kappa shape index (κ3) is 3.16. The second-order valence-electron chi connectivity index (χ2n) is 6.29. The van der Waals surface area contributed by atoms with Gasteiger partial charge in [-0.05, 0) is 31.0 Å². The van der Waals surface area contributed by atoms with E-state index in [9.17, 15) is 4.79 Å². The maximum atomic E-state index is 12.5. The van der Waals surface area contributed by atoms with Crippen molar-refractivity contribution >= 4 is 17.3 Å². The van der Waals surface area contributed by atoms with Crippen molar-refractivity contribution < 1.29 is 4.79 Å². The third-order valence-electron chi connectivity index (χ3n) is 4.66. The highest BCUT2D eigenvalue weighted by molar-refractivity contribution is 6.04. The number of fused-ring (bicyclic) bond motifs is 1. The molecular weight excluding hydrogens is 324 g/mol. The predicted octanol–water partition coefficient (Wildman–Crippen LogP) is 3.78. The van der Waals surface area contributed by atoms with Crippen molar-refractivity contribution in [3.05, 3.63) is 72.1 Å². The molecule has 130 valence electrons. The van der Waals surface area contributed by atoms with Gasteiger partial charge >= 0.3 is 0 Å².